The van der Waals surface area contributed by atoms with Gasteiger partial charge in [-0.25, -0.2) is 9.97 Å². The standard InChI is InChI=1S/C27H22F3N7O2/c1-2-3-22(38)34-18-13-19(14-18)37-20-9-11-33-25(31)23(20)24(36-37)15-4-6-16(7-5-15)26(39)35-21-12-17(8-10-32-21)27(28,29)30/h4-12,18-19H,13-14H2,1H3,(H2,31,33)(H,34,38)(H,32,35,39). The van der Waals surface area contributed by atoms with Crippen LogP contribution >= 0.6 is 0 Å². The molecule has 4 N–H and O–H groups in total. The molecule has 0 unspecified atom stereocenters. The van der Waals surface area contributed by atoms with Crippen LogP contribution in [0.4, 0.5) is 24.8 Å². The molecule has 3 aromatic heterocycles. The Balaban J connectivity index is 1.37. The molecule has 0 atom stereocenters. The molecule has 9 nitrogen and oxygen atoms in total. The number of hydrogen-bond acceptors (Lipinski definition) is 6. The number of nitrogens with two attached hydrogens (primary N) is 1. The summed E-state index contributed by atoms with van der Waals surface area (Å²) < 4.78 is 40.8. The highest BCUT2D eigenvalue weighted by Crippen LogP contribution is 2.39. The summed E-state index contributed by atoms with van der Waals surface area (Å²) in [5, 5.41) is 10.7. The molecule has 1 fully saturated rings. The number of amides is 2. The van der Waals surface area contributed by atoms with Gasteiger partial charge in [0.1, 0.15) is 17.3 Å². The molecule has 0 spiro atoms. The van der Waals surface area contributed by atoms with Crippen molar-refractivity contribution in [3.05, 3.63) is 66.0 Å². The van der Waals surface area contributed by atoms with Gasteiger partial charge in [-0.15, -0.1) is 0 Å². The molecule has 198 valence electrons. The summed E-state index contributed by atoms with van der Waals surface area (Å²) in [5.74, 6) is 4.22. The van der Waals surface area contributed by atoms with Crippen molar-refractivity contribution in [2.45, 2.75) is 38.0 Å². The lowest BCUT2D eigenvalue weighted by atomic mass is 9.86. The van der Waals surface area contributed by atoms with Gasteiger partial charge in [-0.1, -0.05) is 18.1 Å². The number of alkyl halides is 3. The van der Waals surface area contributed by atoms with Gasteiger partial charge < -0.3 is 16.4 Å². The third-order valence-electron chi connectivity index (χ3n) is 6.43. The summed E-state index contributed by atoms with van der Waals surface area (Å²) in [5.41, 5.74) is 7.57. The Hall–Kier alpha value is -4.92. The summed E-state index contributed by atoms with van der Waals surface area (Å²) in [4.78, 5) is 32.4. The molecule has 0 radical (unpaired) electrons. The Morgan fingerprint density at radius 3 is 2.49 bits per heavy atom. The van der Waals surface area contributed by atoms with E-state index < -0.39 is 17.6 Å². The van der Waals surface area contributed by atoms with Crippen molar-refractivity contribution >= 4 is 34.4 Å². The Bertz CT molecular complexity index is 1630. The van der Waals surface area contributed by atoms with Crippen molar-refractivity contribution in [3.63, 3.8) is 0 Å². The van der Waals surface area contributed by atoms with E-state index in [-0.39, 0.29) is 29.4 Å². The van der Waals surface area contributed by atoms with Gasteiger partial charge in [0.15, 0.2) is 0 Å². The zero-order valence-corrected chi connectivity index (χ0v) is 20.6. The van der Waals surface area contributed by atoms with E-state index in [9.17, 15) is 22.8 Å². The van der Waals surface area contributed by atoms with Crippen LogP contribution in [0.2, 0.25) is 0 Å². The van der Waals surface area contributed by atoms with Gasteiger partial charge >= 0.3 is 6.18 Å². The van der Waals surface area contributed by atoms with Gasteiger partial charge in [-0.3, -0.25) is 14.3 Å². The van der Waals surface area contributed by atoms with Crippen molar-refractivity contribution in [1.29, 1.82) is 0 Å². The maximum absolute atomic E-state index is 13.0. The number of nitrogens with one attached hydrogen (secondary N) is 2. The highest BCUT2D eigenvalue weighted by atomic mass is 19.4. The smallest absolute Gasteiger partial charge is 0.383 e. The van der Waals surface area contributed by atoms with Gasteiger partial charge in [0.05, 0.1) is 22.5 Å². The van der Waals surface area contributed by atoms with Crippen LogP contribution in [0, 0.1) is 11.8 Å². The first-order valence-electron chi connectivity index (χ1n) is 11.9. The maximum atomic E-state index is 13.0. The minimum atomic E-state index is -4.55. The number of halogens is 3. The molecule has 12 heteroatoms. The fraction of sp³-hybridized carbons (Fsp3) is 0.222. The van der Waals surface area contributed by atoms with E-state index in [0.29, 0.717) is 35.3 Å². The number of fused-ring (bicyclic) bond motifs is 1. The highest BCUT2D eigenvalue weighted by molar-refractivity contribution is 6.05. The van der Waals surface area contributed by atoms with Crippen molar-refractivity contribution in [2.24, 2.45) is 0 Å². The van der Waals surface area contributed by atoms with E-state index in [1.165, 1.54) is 0 Å². The first-order valence-corrected chi connectivity index (χ1v) is 11.9. The molecule has 39 heavy (non-hydrogen) atoms. The summed E-state index contributed by atoms with van der Waals surface area (Å²) in [6.07, 6.45) is -0.607. The number of carbonyl (C=O) groups excluding carboxylic acids is 2. The first kappa shape index (κ1) is 25.7. The van der Waals surface area contributed by atoms with E-state index in [1.54, 1.807) is 37.4 Å². The molecule has 4 aromatic rings. The van der Waals surface area contributed by atoms with Crippen LogP contribution in [0.15, 0.2) is 54.9 Å². The Morgan fingerprint density at radius 2 is 1.79 bits per heavy atom. The van der Waals surface area contributed by atoms with Gasteiger partial charge in [0, 0.05) is 29.6 Å². The molecule has 5 rings (SSSR count). The van der Waals surface area contributed by atoms with Crippen LogP contribution in [-0.2, 0) is 11.0 Å². The van der Waals surface area contributed by atoms with Crippen LogP contribution in [0.3, 0.4) is 0 Å². The molecular weight excluding hydrogens is 511 g/mol. The molecule has 3 heterocycles. The lowest BCUT2D eigenvalue weighted by molar-refractivity contribution is -0.137. The van der Waals surface area contributed by atoms with Gasteiger partial charge in [0.2, 0.25) is 0 Å². The summed E-state index contributed by atoms with van der Waals surface area (Å²) in [6, 6.07) is 9.89. The summed E-state index contributed by atoms with van der Waals surface area (Å²) in [6.45, 7) is 1.60. The monoisotopic (exact) mass is 533 g/mol. The quantitative estimate of drug-likeness (QED) is 0.330. The predicted molar refractivity (Wildman–Crippen MR) is 138 cm³/mol. The number of benzene rings is 1. The molecule has 1 aliphatic rings. The van der Waals surface area contributed by atoms with Crippen LogP contribution in [0.1, 0.15) is 41.7 Å². The fourth-order valence-electron chi connectivity index (χ4n) is 4.48. The van der Waals surface area contributed by atoms with Gasteiger partial charge in [-0.05, 0) is 56.0 Å². The average molecular weight is 534 g/mol. The molecule has 1 saturated carbocycles. The summed E-state index contributed by atoms with van der Waals surface area (Å²) >= 11 is 0. The number of anilines is 2. The maximum Gasteiger partial charge on any atom is 0.416 e. The Morgan fingerprint density at radius 1 is 1.08 bits per heavy atom. The normalized spacial score (nSPS) is 16.6. The summed E-state index contributed by atoms with van der Waals surface area (Å²) in [7, 11) is 0. The van der Waals surface area contributed by atoms with E-state index >= 15 is 0 Å². The number of pyridine rings is 2. The van der Waals surface area contributed by atoms with Crippen LogP contribution in [0.25, 0.3) is 22.2 Å². The molecule has 1 aliphatic carbocycles. The molecule has 0 bridgehead atoms. The van der Waals surface area contributed by atoms with E-state index in [0.717, 1.165) is 23.8 Å². The highest BCUT2D eigenvalue weighted by Gasteiger charge is 2.34. The fourth-order valence-corrected chi connectivity index (χ4v) is 4.48. The van der Waals surface area contributed by atoms with E-state index in [2.05, 4.69) is 32.4 Å². The Kier molecular flexibility index (Phi) is 6.66. The second-order valence-electron chi connectivity index (χ2n) is 9.01. The SMILES string of the molecule is CC#CC(=O)NC1CC(n2nc(-c3ccc(C(=O)Nc4cc(C(F)(F)F)ccn4)cc3)c3c(N)nccc32)C1. The average Bonchev–Trinajstić information content (AvgIpc) is 3.26. The second kappa shape index (κ2) is 10.1. The molecule has 2 amide bonds. The first-order chi connectivity index (χ1) is 18.6. The Labute approximate surface area is 220 Å². The largest absolute Gasteiger partial charge is 0.416 e. The van der Waals surface area contributed by atoms with E-state index in [4.69, 9.17) is 10.8 Å². The third-order valence-corrected chi connectivity index (χ3v) is 6.43. The molecular formula is C27H22F3N7O2. The zero-order valence-electron chi connectivity index (χ0n) is 20.6. The molecule has 0 saturated heterocycles. The van der Waals surface area contributed by atoms with Crippen molar-refractivity contribution in [2.75, 3.05) is 11.1 Å². The number of carbonyl (C=O) groups is 2. The number of nitrogens with zero attached hydrogens (tertiary/aromatic N) is 4. The van der Waals surface area contributed by atoms with Crippen molar-refractivity contribution in [3.8, 4) is 23.1 Å². The minimum Gasteiger partial charge on any atom is -0.383 e. The lowest BCUT2D eigenvalue weighted by Crippen LogP contribution is -2.44. The van der Waals surface area contributed by atoms with Gasteiger partial charge in [0.25, 0.3) is 11.8 Å². The van der Waals surface area contributed by atoms with Crippen LogP contribution in [0.5, 0.6) is 0 Å². The lowest BCUT2D eigenvalue weighted by Gasteiger charge is -2.35. The van der Waals surface area contributed by atoms with Crippen LogP contribution in [-0.4, -0.2) is 37.6 Å². The number of rotatable bonds is 5. The van der Waals surface area contributed by atoms with Gasteiger partial charge in [-0.2, -0.15) is 18.3 Å². The van der Waals surface area contributed by atoms with Crippen molar-refractivity contribution < 1.29 is 22.8 Å². The third kappa shape index (κ3) is 5.24. The topological polar surface area (TPSA) is 128 Å². The number of aromatic nitrogens is 4. The molecule has 1 aromatic carbocycles. The number of nitrogen functional groups attached to an aromatic ring is 1. The second-order valence-corrected chi connectivity index (χ2v) is 9.01. The number of hydrogen-bond donors (Lipinski definition) is 3. The van der Waals surface area contributed by atoms with E-state index in [1.807, 2.05) is 10.7 Å². The zero-order chi connectivity index (χ0) is 27.7. The van der Waals surface area contributed by atoms with Crippen LogP contribution < -0.4 is 16.4 Å². The molecule has 0 aliphatic heterocycles. The van der Waals surface area contributed by atoms with Crippen molar-refractivity contribution in [1.82, 2.24) is 25.1 Å². The minimum absolute atomic E-state index is 0.00524. The predicted octanol–water partition coefficient (Wildman–Crippen LogP) is 4.19.